The minimum atomic E-state index is -0.0881. The van der Waals surface area contributed by atoms with Crippen LogP contribution < -0.4 is 10.6 Å². The average Bonchev–Trinajstić information content (AvgIpc) is 3.24. The second-order valence-electron chi connectivity index (χ2n) is 8.12. The fraction of sp³-hybridized carbons (Fsp3) is 0.192. The first-order valence-corrected chi connectivity index (χ1v) is 10.7. The quantitative estimate of drug-likeness (QED) is 0.466. The molecule has 0 bridgehead atoms. The second kappa shape index (κ2) is 7.66. The smallest absolute Gasteiger partial charge is 0.255 e. The molecule has 1 aliphatic carbocycles. The molecule has 0 fully saturated rings. The monoisotopic (exact) mass is 414 g/mol. The zero-order valence-corrected chi connectivity index (χ0v) is 17.5. The van der Waals surface area contributed by atoms with Gasteiger partial charge in [-0.15, -0.1) is 0 Å². The zero-order chi connectivity index (χ0) is 20.7. The van der Waals surface area contributed by atoms with Crippen LogP contribution in [0, 0.1) is 12.8 Å². The van der Waals surface area contributed by atoms with Gasteiger partial charge in [0, 0.05) is 27.9 Å². The third-order valence-electron chi connectivity index (χ3n) is 6.14. The van der Waals surface area contributed by atoms with Crippen molar-refractivity contribution in [1.29, 1.82) is 0 Å². The first-order chi connectivity index (χ1) is 14.6. The summed E-state index contributed by atoms with van der Waals surface area (Å²) in [6.07, 6.45) is 5.56. The lowest BCUT2D eigenvalue weighted by Gasteiger charge is -2.38. The van der Waals surface area contributed by atoms with Gasteiger partial charge in [0.05, 0.1) is 6.04 Å². The SMILES string of the molecule is Cc1cccc(C(=O)Nc2ccc3c(c2)C2C=CCC2C(c2ccccc2Cl)N3)c1. The van der Waals surface area contributed by atoms with Gasteiger partial charge in [0.25, 0.3) is 5.91 Å². The van der Waals surface area contributed by atoms with Gasteiger partial charge in [-0.25, -0.2) is 0 Å². The molecule has 1 heterocycles. The van der Waals surface area contributed by atoms with Crippen molar-refractivity contribution >= 4 is 28.9 Å². The first-order valence-electron chi connectivity index (χ1n) is 10.3. The number of allylic oxidation sites excluding steroid dienone is 2. The molecule has 30 heavy (non-hydrogen) atoms. The Balaban J connectivity index is 1.45. The second-order valence-corrected chi connectivity index (χ2v) is 8.53. The summed E-state index contributed by atoms with van der Waals surface area (Å²) >= 11 is 6.52. The topological polar surface area (TPSA) is 41.1 Å². The van der Waals surface area contributed by atoms with Gasteiger partial charge in [0.1, 0.15) is 0 Å². The molecule has 0 spiro atoms. The summed E-state index contributed by atoms with van der Waals surface area (Å²) in [5.74, 6) is 0.619. The molecule has 3 nitrogen and oxygen atoms in total. The van der Waals surface area contributed by atoms with E-state index in [9.17, 15) is 4.79 Å². The normalized spacial score (nSPS) is 21.5. The summed E-state index contributed by atoms with van der Waals surface area (Å²) in [5, 5.41) is 7.56. The van der Waals surface area contributed by atoms with Crippen molar-refractivity contribution in [3.8, 4) is 0 Å². The van der Waals surface area contributed by atoms with E-state index in [4.69, 9.17) is 11.6 Å². The van der Waals surface area contributed by atoms with Gasteiger partial charge in [-0.3, -0.25) is 4.79 Å². The molecule has 0 aromatic heterocycles. The number of rotatable bonds is 3. The first kappa shape index (κ1) is 19.0. The van der Waals surface area contributed by atoms with E-state index >= 15 is 0 Å². The summed E-state index contributed by atoms with van der Waals surface area (Å²) in [6.45, 7) is 1.99. The number of anilines is 2. The molecule has 3 aromatic carbocycles. The standard InChI is InChI=1S/C26H23ClN2O/c1-16-6-4-7-17(14-16)26(30)28-18-12-13-24-22(15-18)19-9-5-10-20(19)25(29-24)21-8-2-3-11-23(21)27/h2-9,11-15,19-20,25,29H,10H2,1H3,(H,28,30). The molecule has 0 saturated carbocycles. The molecule has 3 aromatic rings. The van der Waals surface area contributed by atoms with E-state index in [1.165, 1.54) is 5.56 Å². The summed E-state index contributed by atoms with van der Waals surface area (Å²) in [4.78, 5) is 12.7. The third-order valence-corrected chi connectivity index (χ3v) is 6.49. The van der Waals surface area contributed by atoms with Crippen LogP contribution in [0.4, 0.5) is 11.4 Å². The number of benzene rings is 3. The Bertz CT molecular complexity index is 1150. The highest BCUT2D eigenvalue weighted by Crippen LogP contribution is 2.51. The van der Waals surface area contributed by atoms with E-state index in [1.54, 1.807) is 0 Å². The van der Waals surface area contributed by atoms with Crippen LogP contribution in [-0.4, -0.2) is 5.91 Å². The molecular weight excluding hydrogens is 392 g/mol. The van der Waals surface area contributed by atoms with E-state index in [2.05, 4.69) is 41.0 Å². The lowest BCUT2D eigenvalue weighted by molar-refractivity contribution is 0.102. The maximum atomic E-state index is 12.7. The van der Waals surface area contributed by atoms with E-state index in [-0.39, 0.29) is 11.9 Å². The molecule has 0 saturated heterocycles. The molecule has 150 valence electrons. The summed E-state index contributed by atoms with van der Waals surface area (Å²) in [6, 6.07) is 22.0. The molecule has 5 rings (SSSR count). The largest absolute Gasteiger partial charge is 0.378 e. The van der Waals surface area contributed by atoms with Gasteiger partial charge in [0.15, 0.2) is 0 Å². The lowest BCUT2D eigenvalue weighted by Crippen LogP contribution is -2.29. The lowest BCUT2D eigenvalue weighted by atomic mass is 9.77. The summed E-state index contributed by atoms with van der Waals surface area (Å²) < 4.78 is 0. The maximum absolute atomic E-state index is 12.7. The highest BCUT2D eigenvalue weighted by atomic mass is 35.5. The Kier molecular flexibility index (Phi) is 4.84. The van der Waals surface area contributed by atoms with Crippen LogP contribution in [0.3, 0.4) is 0 Å². The molecule has 4 heteroatoms. The number of hydrogen-bond donors (Lipinski definition) is 2. The summed E-state index contributed by atoms with van der Waals surface area (Å²) in [5.41, 5.74) is 6.02. The van der Waals surface area contributed by atoms with Crippen LogP contribution in [0.25, 0.3) is 0 Å². The number of fused-ring (bicyclic) bond motifs is 3. The van der Waals surface area contributed by atoms with Gasteiger partial charge in [-0.05, 0) is 66.8 Å². The van der Waals surface area contributed by atoms with E-state index < -0.39 is 0 Å². The van der Waals surface area contributed by atoms with E-state index in [0.717, 1.165) is 33.9 Å². The van der Waals surface area contributed by atoms with Crippen LogP contribution in [0.5, 0.6) is 0 Å². The fourth-order valence-electron chi connectivity index (χ4n) is 4.70. The maximum Gasteiger partial charge on any atom is 0.255 e. The van der Waals surface area contributed by atoms with Crippen molar-refractivity contribution < 1.29 is 4.79 Å². The molecule has 3 unspecified atom stereocenters. The summed E-state index contributed by atoms with van der Waals surface area (Å²) in [7, 11) is 0. The van der Waals surface area contributed by atoms with Gasteiger partial charge in [-0.2, -0.15) is 0 Å². The predicted octanol–water partition coefficient (Wildman–Crippen LogP) is 6.73. The molecule has 0 radical (unpaired) electrons. The molecule has 1 amide bonds. The Labute approximate surface area is 181 Å². The van der Waals surface area contributed by atoms with Crippen LogP contribution in [0.2, 0.25) is 5.02 Å². The number of aryl methyl sites for hydroxylation is 1. The Morgan fingerprint density at radius 2 is 1.90 bits per heavy atom. The van der Waals surface area contributed by atoms with Crippen molar-refractivity contribution in [2.24, 2.45) is 5.92 Å². The minimum Gasteiger partial charge on any atom is -0.378 e. The number of halogens is 1. The van der Waals surface area contributed by atoms with E-state index in [1.807, 2.05) is 55.5 Å². The molecule has 3 atom stereocenters. The zero-order valence-electron chi connectivity index (χ0n) is 16.7. The van der Waals surface area contributed by atoms with Crippen LogP contribution in [0.1, 0.15) is 45.4 Å². The van der Waals surface area contributed by atoms with Crippen LogP contribution in [0.15, 0.2) is 78.9 Å². The van der Waals surface area contributed by atoms with E-state index in [0.29, 0.717) is 17.4 Å². The molecular formula is C26H23ClN2O. The van der Waals surface area contributed by atoms with Crippen molar-refractivity contribution in [3.05, 3.63) is 106 Å². The average molecular weight is 415 g/mol. The number of amides is 1. The molecule has 2 aliphatic rings. The highest BCUT2D eigenvalue weighted by molar-refractivity contribution is 6.31. The Morgan fingerprint density at radius 3 is 2.73 bits per heavy atom. The Morgan fingerprint density at radius 1 is 1.03 bits per heavy atom. The van der Waals surface area contributed by atoms with Crippen LogP contribution >= 0.6 is 11.6 Å². The number of hydrogen-bond acceptors (Lipinski definition) is 2. The molecule has 1 aliphatic heterocycles. The van der Waals surface area contributed by atoms with Crippen LogP contribution in [-0.2, 0) is 0 Å². The highest BCUT2D eigenvalue weighted by Gasteiger charge is 2.38. The van der Waals surface area contributed by atoms with Gasteiger partial charge in [0.2, 0.25) is 0 Å². The van der Waals surface area contributed by atoms with Gasteiger partial charge >= 0.3 is 0 Å². The van der Waals surface area contributed by atoms with Crippen molar-refractivity contribution in [3.63, 3.8) is 0 Å². The Hall–Kier alpha value is -3.04. The number of nitrogens with one attached hydrogen (secondary N) is 2. The number of carbonyl (C=O) groups excluding carboxylic acids is 1. The third kappa shape index (κ3) is 3.40. The molecule has 2 N–H and O–H groups in total. The van der Waals surface area contributed by atoms with Crippen molar-refractivity contribution in [1.82, 2.24) is 0 Å². The van der Waals surface area contributed by atoms with Gasteiger partial charge in [-0.1, -0.05) is 59.6 Å². The minimum absolute atomic E-state index is 0.0881. The predicted molar refractivity (Wildman–Crippen MR) is 123 cm³/mol. The number of carbonyl (C=O) groups is 1. The van der Waals surface area contributed by atoms with Crippen molar-refractivity contribution in [2.45, 2.75) is 25.3 Å². The van der Waals surface area contributed by atoms with Gasteiger partial charge < -0.3 is 10.6 Å². The van der Waals surface area contributed by atoms with Crippen molar-refractivity contribution in [2.75, 3.05) is 10.6 Å². The fourth-order valence-corrected chi connectivity index (χ4v) is 4.95.